The zero-order valence-electron chi connectivity index (χ0n) is 10.5. The fraction of sp³-hybridized carbons (Fsp3) is 0.143. The van der Waals surface area contributed by atoms with Crippen LogP contribution in [0.1, 0.15) is 13.8 Å². The number of allylic oxidation sites excluding steroid dienone is 4. The lowest BCUT2D eigenvalue weighted by Gasteiger charge is -2.03. The minimum atomic E-state index is 0.0523. The van der Waals surface area contributed by atoms with Crippen LogP contribution in [-0.4, -0.2) is 20.1 Å². The summed E-state index contributed by atoms with van der Waals surface area (Å²) in [4.78, 5) is 1.43. The van der Waals surface area contributed by atoms with Gasteiger partial charge in [-0.2, -0.15) is 0 Å². The third-order valence-electron chi connectivity index (χ3n) is 2.38. The third-order valence-corrected chi connectivity index (χ3v) is 2.38. The molecule has 0 radical (unpaired) electrons. The van der Waals surface area contributed by atoms with Crippen molar-refractivity contribution in [2.24, 2.45) is 0 Å². The molecule has 2 aromatic rings. The number of aliphatic hydroxyl groups excluding tert-OH is 1. The first-order valence-corrected chi connectivity index (χ1v) is 5.65. The highest BCUT2D eigenvalue weighted by molar-refractivity contribution is 5.75. The van der Waals surface area contributed by atoms with Gasteiger partial charge in [0.1, 0.15) is 22.5 Å². The summed E-state index contributed by atoms with van der Waals surface area (Å²) < 4.78 is 0. The molecule has 0 amide bonds. The minimum absolute atomic E-state index is 0.0523. The Kier molecular flexibility index (Phi) is 3.28. The van der Waals surface area contributed by atoms with Gasteiger partial charge in [-0.25, -0.2) is 0 Å². The number of fused-ring (bicyclic) bond motifs is 1. The molecule has 1 N–H and O–H groups in total. The van der Waals surface area contributed by atoms with Crippen LogP contribution in [0.5, 0.6) is 0 Å². The van der Waals surface area contributed by atoms with Crippen molar-refractivity contribution in [2.45, 2.75) is 13.8 Å². The minimum Gasteiger partial charge on any atom is -0.506 e. The smallest absolute Gasteiger partial charge is 0.142 e. The predicted octanol–water partition coefficient (Wildman–Crippen LogP) is 3.31. The quantitative estimate of drug-likeness (QED) is 0.662. The monoisotopic (exact) mass is 241 g/mol. The Morgan fingerprint density at radius 1 is 1.22 bits per heavy atom. The van der Waals surface area contributed by atoms with Gasteiger partial charge in [-0.1, -0.05) is 24.3 Å². The topological polar surface area (TPSA) is 50.9 Å². The molecule has 0 atom stereocenters. The molecule has 18 heavy (non-hydrogen) atoms. The van der Waals surface area contributed by atoms with Gasteiger partial charge in [0.05, 0.1) is 0 Å². The molecule has 0 aliphatic carbocycles. The molecular weight excluding hydrogens is 226 g/mol. The lowest BCUT2D eigenvalue weighted by Crippen LogP contribution is -2.02. The Morgan fingerprint density at radius 3 is 2.22 bits per heavy atom. The second kappa shape index (κ2) is 4.87. The molecule has 0 aliphatic heterocycles. The molecule has 0 aliphatic rings. The lowest BCUT2D eigenvalue weighted by atomic mass is 10.2. The molecular formula is C14H15N3O. The van der Waals surface area contributed by atoms with E-state index in [-0.39, 0.29) is 5.76 Å². The molecule has 0 saturated carbocycles. The van der Waals surface area contributed by atoms with Gasteiger partial charge in [-0.3, -0.25) is 0 Å². The van der Waals surface area contributed by atoms with Crippen LogP contribution in [0.4, 0.5) is 0 Å². The molecule has 0 unspecified atom stereocenters. The Hall–Kier alpha value is -2.36. The molecule has 4 heteroatoms. The number of aliphatic hydroxyl groups is 1. The highest BCUT2D eigenvalue weighted by atomic mass is 16.3. The van der Waals surface area contributed by atoms with Gasteiger partial charge in [0, 0.05) is 0 Å². The van der Waals surface area contributed by atoms with Crippen molar-refractivity contribution < 1.29 is 5.11 Å². The van der Waals surface area contributed by atoms with E-state index in [1.807, 2.05) is 44.2 Å². The summed E-state index contributed by atoms with van der Waals surface area (Å²) in [6, 6.07) is 7.56. The van der Waals surface area contributed by atoms with Crippen LogP contribution >= 0.6 is 0 Å². The summed E-state index contributed by atoms with van der Waals surface area (Å²) in [5.41, 5.74) is 3.13. The largest absolute Gasteiger partial charge is 0.506 e. The van der Waals surface area contributed by atoms with Crippen molar-refractivity contribution >= 4 is 16.7 Å². The van der Waals surface area contributed by atoms with Gasteiger partial charge in [0.25, 0.3) is 0 Å². The molecule has 4 nitrogen and oxygen atoms in total. The Labute approximate surface area is 106 Å². The van der Waals surface area contributed by atoms with Crippen LogP contribution in [0.25, 0.3) is 16.7 Å². The van der Waals surface area contributed by atoms with E-state index in [1.165, 1.54) is 10.9 Å². The molecule has 2 rings (SSSR count). The number of rotatable bonds is 3. The summed E-state index contributed by atoms with van der Waals surface area (Å²) in [6.07, 6.45) is 3.19. The summed E-state index contributed by atoms with van der Waals surface area (Å²) in [5.74, 6) is 0.0523. The number of hydrogen-bond donors (Lipinski definition) is 1. The van der Waals surface area contributed by atoms with E-state index in [4.69, 9.17) is 0 Å². The average molecular weight is 241 g/mol. The summed E-state index contributed by atoms with van der Waals surface area (Å²) >= 11 is 0. The zero-order chi connectivity index (χ0) is 13.1. The van der Waals surface area contributed by atoms with Crippen LogP contribution in [0, 0.1) is 0 Å². The highest BCUT2D eigenvalue weighted by Gasteiger charge is 2.08. The normalized spacial score (nSPS) is 12.1. The molecule has 0 bridgehead atoms. The van der Waals surface area contributed by atoms with E-state index in [0.29, 0.717) is 5.70 Å². The van der Waals surface area contributed by atoms with Crippen LogP contribution in [0.15, 0.2) is 54.3 Å². The first-order chi connectivity index (χ1) is 8.61. The van der Waals surface area contributed by atoms with Gasteiger partial charge in [0.2, 0.25) is 0 Å². The SMILES string of the molecule is C=C/C(O)=C(\C=C(C)C)n1nc2ccccc2n1. The maximum Gasteiger partial charge on any atom is 0.142 e. The maximum atomic E-state index is 9.86. The average Bonchev–Trinajstić information content (AvgIpc) is 2.78. The molecule has 1 heterocycles. The van der Waals surface area contributed by atoms with E-state index in [1.54, 1.807) is 0 Å². The zero-order valence-corrected chi connectivity index (χ0v) is 10.5. The van der Waals surface area contributed by atoms with E-state index in [0.717, 1.165) is 16.6 Å². The van der Waals surface area contributed by atoms with Gasteiger partial charge >= 0.3 is 0 Å². The predicted molar refractivity (Wildman–Crippen MR) is 73.0 cm³/mol. The fourth-order valence-electron chi connectivity index (χ4n) is 1.58. The molecule has 92 valence electrons. The number of benzene rings is 1. The lowest BCUT2D eigenvalue weighted by molar-refractivity contribution is 0.430. The van der Waals surface area contributed by atoms with Crippen molar-refractivity contribution in [1.29, 1.82) is 0 Å². The van der Waals surface area contributed by atoms with E-state index < -0.39 is 0 Å². The van der Waals surface area contributed by atoms with Crippen molar-refractivity contribution in [2.75, 3.05) is 0 Å². The van der Waals surface area contributed by atoms with Crippen molar-refractivity contribution in [3.8, 4) is 0 Å². The molecule has 0 spiro atoms. The third kappa shape index (κ3) is 2.32. The van der Waals surface area contributed by atoms with Gasteiger partial charge in [0.15, 0.2) is 0 Å². The highest BCUT2D eigenvalue weighted by Crippen LogP contribution is 2.15. The maximum absolute atomic E-state index is 9.86. The van der Waals surface area contributed by atoms with Crippen molar-refractivity contribution in [3.05, 3.63) is 54.3 Å². The van der Waals surface area contributed by atoms with Gasteiger partial charge in [-0.05, 0) is 38.1 Å². The molecule has 0 saturated heterocycles. The van der Waals surface area contributed by atoms with Crippen LogP contribution in [0.2, 0.25) is 0 Å². The van der Waals surface area contributed by atoms with Crippen molar-refractivity contribution in [3.63, 3.8) is 0 Å². The summed E-state index contributed by atoms with van der Waals surface area (Å²) in [7, 11) is 0. The molecule has 1 aromatic heterocycles. The number of hydrogen-bond acceptors (Lipinski definition) is 3. The second-order valence-corrected chi connectivity index (χ2v) is 4.17. The fourth-order valence-corrected chi connectivity index (χ4v) is 1.58. The van der Waals surface area contributed by atoms with Crippen LogP contribution in [-0.2, 0) is 0 Å². The number of aromatic nitrogens is 3. The van der Waals surface area contributed by atoms with Gasteiger partial charge in [-0.15, -0.1) is 15.0 Å². The summed E-state index contributed by atoms with van der Waals surface area (Å²) in [6.45, 7) is 7.45. The first kappa shape index (κ1) is 12.1. The van der Waals surface area contributed by atoms with Crippen molar-refractivity contribution in [1.82, 2.24) is 15.0 Å². The summed E-state index contributed by atoms with van der Waals surface area (Å²) in [5, 5.41) is 18.5. The first-order valence-electron chi connectivity index (χ1n) is 5.65. The van der Waals surface area contributed by atoms with Gasteiger partial charge < -0.3 is 5.11 Å². The van der Waals surface area contributed by atoms with Crippen LogP contribution < -0.4 is 0 Å². The van der Waals surface area contributed by atoms with E-state index in [2.05, 4.69) is 16.8 Å². The van der Waals surface area contributed by atoms with E-state index >= 15 is 0 Å². The Morgan fingerprint density at radius 2 is 1.78 bits per heavy atom. The van der Waals surface area contributed by atoms with E-state index in [9.17, 15) is 5.11 Å². The Bertz CT molecular complexity index is 613. The second-order valence-electron chi connectivity index (χ2n) is 4.17. The number of nitrogens with zero attached hydrogens (tertiary/aromatic N) is 3. The standard InChI is InChI=1S/C14H15N3O/c1-4-14(18)13(9-10(2)3)17-15-11-7-5-6-8-12(11)16-17/h4-9,18H,1H2,2-3H3/b14-13-. The molecule has 1 aromatic carbocycles. The van der Waals surface area contributed by atoms with Crippen LogP contribution in [0.3, 0.4) is 0 Å². The molecule has 0 fully saturated rings. The Balaban J connectivity index is 2.62.